The molecule has 0 aliphatic heterocycles. The second kappa shape index (κ2) is 7.65. The van der Waals surface area contributed by atoms with Crippen LogP contribution in [0.3, 0.4) is 0 Å². The van der Waals surface area contributed by atoms with Gasteiger partial charge in [0.2, 0.25) is 11.8 Å². The first-order valence-electron chi connectivity index (χ1n) is 9.99. The second-order valence-corrected chi connectivity index (χ2v) is 9.22. The Labute approximate surface area is 190 Å². The number of rotatable bonds is 6. The monoisotopic (exact) mass is 492 g/mol. The molecule has 1 fully saturated rings. The van der Waals surface area contributed by atoms with E-state index in [1.54, 1.807) is 11.8 Å². The molecular weight excluding hydrogens is 476 g/mol. The Morgan fingerprint density at radius 1 is 1.00 bits per heavy atom. The van der Waals surface area contributed by atoms with Crippen LogP contribution in [0.1, 0.15) is 24.8 Å². The Balaban J connectivity index is 1.28. The van der Waals surface area contributed by atoms with Gasteiger partial charge in [-0.05, 0) is 47.0 Å². The number of aromatic nitrogens is 6. The minimum Gasteiger partial charge on any atom is -0.420 e. The normalized spacial score (nSPS) is 13.8. The Morgan fingerprint density at radius 3 is 2.71 bits per heavy atom. The van der Waals surface area contributed by atoms with Gasteiger partial charge >= 0.3 is 0 Å². The summed E-state index contributed by atoms with van der Waals surface area (Å²) >= 11 is 5.11. The van der Waals surface area contributed by atoms with Crippen LogP contribution in [-0.4, -0.2) is 29.9 Å². The molecule has 0 saturated heterocycles. The van der Waals surface area contributed by atoms with Gasteiger partial charge in [0.1, 0.15) is 0 Å². The first-order chi connectivity index (χ1) is 15.3. The lowest BCUT2D eigenvalue weighted by atomic mass is 10.1. The number of para-hydroxylation sites is 1. The van der Waals surface area contributed by atoms with Crippen molar-refractivity contribution >= 4 is 38.6 Å². The molecule has 0 amide bonds. The predicted octanol–water partition coefficient (Wildman–Crippen LogP) is 5.87. The van der Waals surface area contributed by atoms with E-state index in [-0.39, 0.29) is 0 Å². The molecular formula is C22H17BrN6OS. The molecule has 0 atom stereocenters. The van der Waals surface area contributed by atoms with Crippen molar-refractivity contribution < 1.29 is 4.42 Å². The molecule has 2 aromatic carbocycles. The number of thioether (sulfide) groups is 1. The molecule has 0 unspecified atom stereocenters. The molecule has 7 nitrogen and oxygen atoms in total. The maximum absolute atomic E-state index is 5.89. The van der Waals surface area contributed by atoms with E-state index in [0.717, 1.165) is 50.3 Å². The van der Waals surface area contributed by atoms with Crippen molar-refractivity contribution in [2.24, 2.45) is 0 Å². The largest absolute Gasteiger partial charge is 0.420 e. The van der Waals surface area contributed by atoms with Gasteiger partial charge in [0, 0.05) is 33.2 Å². The average Bonchev–Trinajstić information content (AvgIpc) is 3.20. The van der Waals surface area contributed by atoms with Gasteiger partial charge in [0.25, 0.3) is 0 Å². The summed E-state index contributed by atoms with van der Waals surface area (Å²) in [6, 6.07) is 16.5. The van der Waals surface area contributed by atoms with E-state index in [9.17, 15) is 0 Å². The summed E-state index contributed by atoms with van der Waals surface area (Å²) in [7, 11) is 0. The van der Waals surface area contributed by atoms with Crippen LogP contribution < -0.4 is 0 Å². The molecule has 1 saturated carbocycles. The average molecular weight is 493 g/mol. The highest BCUT2D eigenvalue weighted by atomic mass is 79.9. The Kier molecular flexibility index (Phi) is 4.65. The van der Waals surface area contributed by atoms with Crippen LogP contribution in [0.15, 0.2) is 68.8 Å². The maximum atomic E-state index is 5.89. The standard InChI is InChI=1S/C22H17BrN6OS/c23-17-7-3-1-6-15(17)21-27-25-19(30-21)12-31-22-28-26-20(29(22)13-9-10-13)16-11-24-18-8-4-2-5-14(16)18/h1-8,11,13,24H,9-10,12H2. The van der Waals surface area contributed by atoms with E-state index in [0.29, 0.717) is 23.6 Å². The Bertz CT molecular complexity index is 1390. The van der Waals surface area contributed by atoms with Gasteiger partial charge in [-0.3, -0.25) is 4.57 Å². The van der Waals surface area contributed by atoms with Crippen molar-refractivity contribution in [1.29, 1.82) is 0 Å². The molecule has 0 radical (unpaired) electrons. The lowest BCUT2D eigenvalue weighted by molar-refractivity contribution is 0.527. The van der Waals surface area contributed by atoms with Gasteiger partial charge in [0.05, 0.1) is 11.3 Å². The van der Waals surface area contributed by atoms with Crippen LogP contribution in [0.4, 0.5) is 0 Å². The summed E-state index contributed by atoms with van der Waals surface area (Å²) in [5.41, 5.74) is 3.06. The number of hydrogen-bond donors (Lipinski definition) is 1. The fourth-order valence-corrected chi connectivity index (χ4v) is 4.96. The van der Waals surface area contributed by atoms with Crippen molar-refractivity contribution in [2.75, 3.05) is 0 Å². The van der Waals surface area contributed by atoms with Crippen molar-refractivity contribution in [2.45, 2.75) is 29.8 Å². The first-order valence-corrected chi connectivity index (χ1v) is 11.8. The van der Waals surface area contributed by atoms with Gasteiger partial charge in [-0.25, -0.2) is 0 Å². The number of H-pyrrole nitrogens is 1. The second-order valence-electron chi connectivity index (χ2n) is 7.42. The number of aromatic amines is 1. The van der Waals surface area contributed by atoms with Crippen LogP contribution in [0, 0.1) is 0 Å². The van der Waals surface area contributed by atoms with Gasteiger partial charge in [-0.2, -0.15) is 0 Å². The van der Waals surface area contributed by atoms with E-state index < -0.39 is 0 Å². The van der Waals surface area contributed by atoms with E-state index in [2.05, 4.69) is 58.0 Å². The van der Waals surface area contributed by atoms with Crippen LogP contribution in [-0.2, 0) is 5.75 Å². The number of nitrogens with zero attached hydrogens (tertiary/aromatic N) is 5. The maximum Gasteiger partial charge on any atom is 0.248 e. The predicted molar refractivity (Wildman–Crippen MR) is 123 cm³/mol. The summed E-state index contributed by atoms with van der Waals surface area (Å²) in [6.07, 6.45) is 4.31. The van der Waals surface area contributed by atoms with Crippen molar-refractivity contribution in [3.05, 3.63) is 65.1 Å². The molecule has 1 aliphatic rings. The van der Waals surface area contributed by atoms with E-state index in [1.807, 2.05) is 42.6 Å². The van der Waals surface area contributed by atoms with E-state index >= 15 is 0 Å². The lowest BCUT2D eigenvalue weighted by Gasteiger charge is -2.07. The topological polar surface area (TPSA) is 85.4 Å². The highest BCUT2D eigenvalue weighted by Crippen LogP contribution is 2.42. The highest BCUT2D eigenvalue weighted by molar-refractivity contribution is 9.10. The summed E-state index contributed by atoms with van der Waals surface area (Å²) in [4.78, 5) is 3.34. The Morgan fingerprint density at radius 2 is 1.84 bits per heavy atom. The van der Waals surface area contributed by atoms with Crippen LogP contribution in [0.25, 0.3) is 33.7 Å². The van der Waals surface area contributed by atoms with Crippen molar-refractivity contribution in [3.63, 3.8) is 0 Å². The number of fused-ring (bicyclic) bond motifs is 1. The fraction of sp³-hybridized carbons (Fsp3) is 0.182. The molecule has 3 aromatic heterocycles. The molecule has 9 heteroatoms. The molecule has 0 bridgehead atoms. The molecule has 154 valence electrons. The quantitative estimate of drug-likeness (QED) is 0.298. The zero-order valence-electron chi connectivity index (χ0n) is 16.3. The van der Waals surface area contributed by atoms with Gasteiger partial charge in [-0.15, -0.1) is 20.4 Å². The molecule has 0 spiro atoms. The molecule has 5 aromatic rings. The summed E-state index contributed by atoms with van der Waals surface area (Å²) in [5, 5.41) is 19.5. The number of hydrogen-bond acceptors (Lipinski definition) is 6. The third kappa shape index (κ3) is 3.47. The third-order valence-corrected chi connectivity index (χ3v) is 6.92. The first kappa shape index (κ1) is 18.8. The minimum atomic E-state index is 0.444. The van der Waals surface area contributed by atoms with Crippen LogP contribution in [0.2, 0.25) is 0 Å². The number of halogens is 1. The number of nitrogens with one attached hydrogen (secondary N) is 1. The zero-order valence-corrected chi connectivity index (χ0v) is 18.7. The van der Waals surface area contributed by atoms with Crippen molar-refractivity contribution in [1.82, 2.24) is 29.9 Å². The molecule has 6 rings (SSSR count). The summed E-state index contributed by atoms with van der Waals surface area (Å²) in [5.74, 6) is 2.51. The van der Waals surface area contributed by atoms with E-state index in [1.165, 1.54) is 0 Å². The van der Waals surface area contributed by atoms with Crippen LogP contribution >= 0.6 is 27.7 Å². The molecule has 1 N–H and O–H groups in total. The summed E-state index contributed by atoms with van der Waals surface area (Å²) < 4.78 is 9.07. The van der Waals surface area contributed by atoms with Gasteiger partial charge in [0.15, 0.2) is 11.0 Å². The fourth-order valence-electron chi connectivity index (χ4n) is 3.66. The zero-order chi connectivity index (χ0) is 20.8. The van der Waals surface area contributed by atoms with Crippen molar-refractivity contribution in [3.8, 4) is 22.8 Å². The minimum absolute atomic E-state index is 0.444. The lowest BCUT2D eigenvalue weighted by Crippen LogP contribution is -1.99. The Hall–Kier alpha value is -2.91. The van der Waals surface area contributed by atoms with E-state index in [4.69, 9.17) is 4.42 Å². The smallest absolute Gasteiger partial charge is 0.248 e. The molecule has 1 aliphatic carbocycles. The van der Waals surface area contributed by atoms with Gasteiger partial charge < -0.3 is 9.40 Å². The SMILES string of the molecule is Brc1ccccc1-c1nnc(CSc2nnc(-c3c[nH]c4ccccc34)n2C2CC2)o1. The summed E-state index contributed by atoms with van der Waals surface area (Å²) in [6.45, 7) is 0. The molecule has 31 heavy (non-hydrogen) atoms. The highest BCUT2D eigenvalue weighted by Gasteiger charge is 2.31. The van der Waals surface area contributed by atoms with Gasteiger partial charge in [-0.1, -0.05) is 42.1 Å². The number of benzene rings is 2. The third-order valence-electron chi connectivity index (χ3n) is 5.30. The van der Waals surface area contributed by atoms with Crippen LogP contribution in [0.5, 0.6) is 0 Å². The molecule has 3 heterocycles.